The normalized spacial score (nSPS) is 21.6. The van der Waals surface area contributed by atoms with Crippen LogP contribution in [0, 0.1) is 24.1 Å². The van der Waals surface area contributed by atoms with Gasteiger partial charge in [0.2, 0.25) is 5.03 Å². The Morgan fingerprint density at radius 3 is 2.63 bits per heavy atom. The van der Waals surface area contributed by atoms with Crippen LogP contribution < -0.4 is 0 Å². The van der Waals surface area contributed by atoms with Gasteiger partial charge < -0.3 is 0 Å². The van der Waals surface area contributed by atoms with Gasteiger partial charge in [-0.3, -0.25) is 9.78 Å². The first-order valence-electron chi connectivity index (χ1n) is 12.3. The van der Waals surface area contributed by atoms with E-state index in [1.54, 1.807) is 42.3 Å². The number of carbonyl (C=O) groups is 1. The summed E-state index contributed by atoms with van der Waals surface area (Å²) >= 11 is 0. The number of carbonyl (C=O) groups excluding carboxylic acids is 1. The van der Waals surface area contributed by atoms with Crippen molar-refractivity contribution in [2.75, 3.05) is 13.1 Å². The van der Waals surface area contributed by atoms with Gasteiger partial charge in [-0.25, -0.2) is 17.5 Å². The molecule has 4 aromatic rings. The van der Waals surface area contributed by atoms with Crippen LogP contribution in [0.5, 0.6) is 0 Å². The zero-order valence-electron chi connectivity index (χ0n) is 21.0. The fraction of sp³-hybridized carbons (Fsp3) is 0.346. The van der Waals surface area contributed by atoms with Gasteiger partial charge in [-0.1, -0.05) is 0 Å². The molecule has 2 aliphatic rings. The van der Waals surface area contributed by atoms with Gasteiger partial charge in [0.05, 0.1) is 23.5 Å². The number of ketones is 1. The highest BCUT2D eigenvalue weighted by atomic mass is 32.2. The van der Waals surface area contributed by atoms with Crippen LogP contribution in [-0.4, -0.2) is 61.4 Å². The number of hydrogen-bond donors (Lipinski definition) is 0. The highest BCUT2D eigenvalue weighted by Gasteiger charge is 2.55. The molecule has 0 spiro atoms. The van der Waals surface area contributed by atoms with Crippen LogP contribution in [0.25, 0.3) is 5.69 Å². The zero-order chi connectivity index (χ0) is 26.7. The molecule has 0 saturated carbocycles. The van der Waals surface area contributed by atoms with Gasteiger partial charge in [-0.15, -0.1) is 5.10 Å². The number of pyridine rings is 1. The third-order valence-corrected chi connectivity index (χ3v) is 9.43. The van der Waals surface area contributed by atoms with Crippen molar-refractivity contribution in [3.8, 4) is 5.69 Å². The summed E-state index contributed by atoms with van der Waals surface area (Å²) in [6.07, 6.45) is 5.88. The van der Waals surface area contributed by atoms with Crippen LogP contribution in [0.1, 0.15) is 33.7 Å². The van der Waals surface area contributed by atoms with E-state index in [0.717, 1.165) is 22.5 Å². The number of nitrogens with zero attached hydrogens (tertiary/aromatic N) is 7. The number of hydrogen-bond acceptors (Lipinski definition) is 7. The van der Waals surface area contributed by atoms with E-state index in [-0.39, 0.29) is 35.6 Å². The fourth-order valence-corrected chi connectivity index (χ4v) is 7.20. The zero-order valence-corrected chi connectivity index (χ0v) is 21.8. The number of Topliss-reactive ketones (excluding diaryl/α,β-unsaturated/α-hetero) is 1. The molecular formula is C26H26FN7O3S. The van der Waals surface area contributed by atoms with Crippen molar-refractivity contribution in [3.63, 3.8) is 0 Å². The highest BCUT2D eigenvalue weighted by Crippen LogP contribution is 2.48. The molecule has 0 bridgehead atoms. The Morgan fingerprint density at radius 2 is 1.92 bits per heavy atom. The molecule has 38 heavy (non-hydrogen) atoms. The predicted molar refractivity (Wildman–Crippen MR) is 135 cm³/mol. The first-order valence-corrected chi connectivity index (χ1v) is 13.8. The Balaban J connectivity index is 1.43. The molecule has 1 aliphatic heterocycles. The van der Waals surface area contributed by atoms with Gasteiger partial charge in [-0.2, -0.15) is 19.3 Å². The van der Waals surface area contributed by atoms with Crippen LogP contribution in [0.15, 0.2) is 60.0 Å². The molecule has 0 N–H and O–H groups in total. The lowest BCUT2D eigenvalue weighted by Crippen LogP contribution is -2.57. The second kappa shape index (κ2) is 8.91. The number of aryl methyl sites for hydroxylation is 2. The van der Waals surface area contributed by atoms with E-state index >= 15 is 0 Å². The molecular weight excluding hydrogens is 509 g/mol. The van der Waals surface area contributed by atoms with E-state index in [2.05, 4.69) is 20.3 Å². The molecule has 3 aromatic heterocycles. The van der Waals surface area contributed by atoms with E-state index in [0.29, 0.717) is 25.0 Å². The van der Waals surface area contributed by atoms with Crippen molar-refractivity contribution in [1.29, 1.82) is 0 Å². The van der Waals surface area contributed by atoms with Crippen molar-refractivity contribution >= 4 is 15.8 Å². The average molecular weight is 536 g/mol. The Kier molecular flexibility index (Phi) is 5.76. The monoisotopic (exact) mass is 535 g/mol. The summed E-state index contributed by atoms with van der Waals surface area (Å²) in [7, 11) is -2.41. The minimum atomic E-state index is -3.96. The van der Waals surface area contributed by atoms with E-state index in [9.17, 15) is 17.6 Å². The molecule has 6 rings (SSSR count). The summed E-state index contributed by atoms with van der Waals surface area (Å²) < 4.78 is 43.7. The first-order chi connectivity index (χ1) is 18.2. The van der Waals surface area contributed by atoms with Crippen molar-refractivity contribution in [2.45, 2.75) is 31.2 Å². The van der Waals surface area contributed by atoms with Crippen LogP contribution in [-0.2, 0) is 29.9 Å². The second-order valence-electron chi connectivity index (χ2n) is 10.1. The molecule has 12 heteroatoms. The third-order valence-electron chi connectivity index (χ3n) is 7.72. The van der Waals surface area contributed by atoms with Crippen LogP contribution in [0.3, 0.4) is 0 Å². The summed E-state index contributed by atoms with van der Waals surface area (Å²) in [6.45, 7) is 2.15. The molecule has 196 valence electrons. The fourth-order valence-electron chi connectivity index (χ4n) is 5.78. The third kappa shape index (κ3) is 3.95. The van der Waals surface area contributed by atoms with Gasteiger partial charge in [0.1, 0.15) is 11.5 Å². The van der Waals surface area contributed by atoms with E-state index < -0.39 is 15.4 Å². The van der Waals surface area contributed by atoms with Gasteiger partial charge in [0, 0.05) is 32.0 Å². The SMILES string of the molecule is Cc1ccnc(C(=O)C23Cc4cnn(-c5ccc(F)cc5)c4CC2CCN(S(=O)(=O)c2cnn(C)n2)C3)c1. The highest BCUT2D eigenvalue weighted by molar-refractivity contribution is 7.89. The smallest absolute Gasteiger partial charge is 0.264 e. The molecule has 1 aromatic carbocycles. The molecule has 0 amide bonds. The lowest BCUT2D eigenvalue weighted by Gasteiger charge is -2.48. The number of fused-ring (bicyclic) bond motifs is 2. The van der Waals surface area contributed by atoms with Gasteiger partial charge in [0.15, 0.2) is 5.78 Å². The first kappa shape index (κ1) is 24.6. The molecule has 4 heterocycles. The maximum Gasteiger partial charge on any atom is 0.264 e. The van der Waals surface area contributed by atoms with Crippen molar-refractivity contribution in [1.82, 2.24) is 34.1 Å². The van der Waals surface area contributed by atoms with Crippen molar-refractivity contribution in [3.05, 3.63) is 83.3 Å². The predicted octanol–water partition coefficient (Wildman–Crippen LogP) is 2.52. The van der Waals surface area contributed by atoms with Crippen molar-refractivity contribution in [2.24, 2.45) is 18.4 Å². The van der Waals surface area contributed by atoms with Gasteiger partial charge in [-0.05, 0) is 79.6 Å². The van der Waals surface area contributed by atoms with Crippen molar-refractivity contribution < 1.29 is 17.6 Å². The number of piperidine rings is 1. The maximum absolute atomic E-state index is 14.3. The number of aromatic nitrogens is 6. The topological polar surface area (TPSA) is 116 Å². The summed E-state index contributed by atoms with van der Waals surface area (Å²) in [5.41, 5.74) is 2.74. The van der Waals surface area contributed by atoms with E-state index in [1.807, 2.05) is 13.0 Å². The Hall–Kier alpha value is -3.77. The van der Waals surface area contributed by atoms with E-state index in [1.165, 1.54) is 27.4 Å². The minimum Gasteiger partial charge on any atom is -0.292 e. The summed E-state index contributed by atoms with van der Waals surface area (Å²) in [5, 5.41) is 12.4. The largest absolute Gasteiger partial charge is 0.292 e. The molecule has 1 saturated heterocycles. The van der Waals surface area contributed by atoms with Gasteiger partial charge in [0.25, 0.3) is 10.0 Å². The summed E-state index contributed by atoms with van der Waals surface area (Å²) in [4.78, 5) is 19.8. The minimum absolute atomic E-state index is 0.00615. The lowest BCUT2D eigenvalue weighted by molar-refractivity contribution is 0.0393. The van der Waals surface area contributed by atoms with Gasteiger partial charge >= 0.3 is 0 Å². The van der Waals surface area contributed by atoms with Crippen LogP contribution >= 0.6 is 0 Å². The lowest BCUT2D eigenvalue weighted by atomic mass is 9.60. The summed E-state index contributed by atoms with van der Waals surface area (Å²) in [5.74, 6) is -0.652. The second-order valence-corrected chi connectivity index (χ2v) is 12.0. The quantitative estimate of drug-likeness (QED) is 0.361. The molecule has 0 radical (unpaired) electrons. The molecule has 10 nitrogen and oxygen atoms in total. The summed E-state index contributed by atoms with van der Waals surface area (Å²) in [6, 6.07) is 9.69. The Labute approximate surface area is 219 Å². The standard InChI is InChI=1S/C26H26FN7O3S/c1-17-7-9-28-22(11-17)25(35)26-13-18-14-30-34(21-5-3-20(27)4-6-21)23(18)12-19(26)8-10-33(16-26)38(36,37)24-15-29-32(2)31-24/h3-7,9,11,14-15,19H,8,10,12-13,16H2,1-2H3. The van der Waals surface area contributed by atoms with Crippen LogP contribution in [0.4, 0.5) is 4.39 Å². The Bertz CT molecular complexity index is 1650. The number of benzene rings is 1. The Morgan fingerprint density at radius 1 is 1.13 bits per heavy atom. The molecule has 1 aliphatic carbocycles. The number of rotatable bonds is 5. The molecule has 1 fully saturated rings. The maximum atomic E-state index is 14.3. The molecule has 2 unspecified atom stereocenters. The van der Waals surface area contributed by atoms with Crippen LogP contribution in [0.2, 0.25) is 0 Å². The molecule has 2 atom stereocenters. The number of halogens is 1. The van der Waals surface area contributed by atoms with E-state index in [4.69, 9.17) is 0 Å². The number of sulfonamides is 1. The average Bonchev–Trinajstić information content (AvgIpc) is 3.53.